The highest BCUT2D eigenvalue weighted by atomic mass is 32.1. The van der Waals surface area contributed by atoms with Crippen molar-refractivity contribution in [2.45, 2.75) is 26.3 Å². The molecule has 0 radical (unpaired) electrons. The molecule has 7 nitrogen and oxygen atoms in total. The van der Waals surface area contributed by atoms with Crippen molar-refractivity contribution in [3.63, 3.8) is 0 Å². The van der Waals surface area contributed by atoms with Gasteiger partial charge in [-0.3, -0.25) is 14.5 Å². The summed E-state index contributed by atoms with van der Waals surface area (Å²) in [6.07, 6.45) is 0.748. The molecule has 3 heterocycles. The first-order valence-corrected chi connectivity index (χ1v) is 10.8. The standard InChI is InChI=1S/C23H19N3O4S/c1-12(2)11-17-24-25-23(31-17)26-19(13-7-9-14(27)10-8-13)18-20(28)15-5-3-4-6-16(15)30-21(18)22(26)29/h3-10,12,19,27H,11H2,1-2H3/t19-/m0/s1. The van der Waals surface area contributed by atoms with Crippen LogP contribution in [0.1, 0.15) is 46.6 Å². The first-order chi connectivity index (χ1) is 14.9. The van der Waals surface area contributed by atoms with Gasteiger partial charge in [0.25, 0.3) is 5.91 Å². The van der Waals surface area contributed by atoms with Gasteiger partial charge in [-0.2, -0.15) is 0 Å². The minimum absolute atomic E-state index is 0.0161. The zero-order valence-corrected chi connectivity index (χ0v) is 17.7. The maximum atomic E-state index is 13.5. The summed E-state index contributed by atoms with van der Waals surface area (Å²) in [6, 6.07) is 12.6. The van der Waals surface area contributed by atoms with Gasteiger partial charge in [-0.25, -0.2) is 0 Å². The molecule has 4 aromatic rings. The van der Waals surface area contributed by atoms with E-state index in [1.807, 2.05) is 0 Å². The van der Waals surface area contributed by atoms with E-state index in [2.05, 4.69) is 24.0 Å². The molecule has 1 aliphatic rings. The zero-order chi connectivity index (χ0) is 21.7. The number of hydrogen-bond acceptors (Lipinski definition) is 7. The van der Waals surface area contributed by atoms with Crippen molar-refractivity contribution in [1.82, 2.24) is 10.2 Å². The number of anilines is 1. The number of aromatic nitrogens is 2. The van der Waals surface area contributed by atoms with Crippen LogP contribution >= 0.6 is 11.3 Å². The van der Waals surface area contributed by atoms with Crippen LogP contribution in [0.15, 0.2) is 57.7 Å². The first-order valence-electron chi connectivity index (χ1n) is 9.94. The predicted octanol–water partition coefficient (Wildman–Crippen LogP) is 4.30. The fraction of sp³-hybridized carbons (Fsp3) is 0.217. The third-order valence-corrected chi connectivity index (χ3v) is 6.18. The van der Waals surface area contributed by atoms with Crippen molar-refractivity contribution in [1.29, 1.82) is 0 Å². The molecule has 2 aromatic heterocycles. The van der Waals surface area contributed by atoms with Gasteiger partial charge in [0.15, 0.2) is 5.43 Å². The number of nitrogens with zero attached hydrogens (tertiary/aromatic N) is 3. The van der Waals surface area contributed by atoms with E-state index in [-0.39, 0.29) is 22.5 Å². The van der Waals surface area contributed by atoms with Crippen LogP contribution in [0.2, 0.25) is 0 Å². The first kappa shape index (κ1) is 19.4. The maximum Gasteiger partial charge on any atom is 0.297 e. The second-order valence-electron chi connectivity index (χ2n) is 7.92. The lowest BCUT2D eigenvalue weighted by Crippen LogP contribution is -2.29. The Balaban J connectivity index is 1.73. The molecular formula is C23H19N3O4S. The van der Waals surface area contributed by atoms with Crippen LogP contribution < -0.4 is 10.3 Å². The molecule has 5 rings (SSSR count). The Morgan fingerprint density at radius 1 is 1.10 bits per heavy atom. The second-order valence-corrected chi connectivity index (χ2v) is 8.96. The van der Waals surface area contributed by atoms with E-state index in [0.717, 1.165) is 11.4 Å². The van der Waals surface area contributed by atoms with Crippen LogP contribution in [-0.4, -0.2) is 21.2 Å². The van der Waals surface area contributed by atoms with Crippen LogP contribution in [0.5, 0.6) is 5.75 Å². The van der Waals surface area contributed by atoms with Gasteiger partial charge in [0.2, 0.25) is 10.9 Å². The number of para-hydroxylation sites is 1. The Bertz CT molecular complexity index is 1360. The maximum absolute atomic E-state index is 13.5. The number of phenols is 1. The number of rotatable bonds is 4. The number of aromatic hydroxyl groups is 1. The van der Waals surface area contributed by atoms with Crippen molar-refractivity contribution >= 4 is 33.3 Å². The third kappa shape index (κ3) is 3.19. The summed E-state index contributed by atoms with van der Waals surface area (Å²) in [7, 11) is 0. The molecule has 0 bridgehead atoms. The lowest BCUT2D eigenvalue weighted by Gasteiger charge is -2.22. The highest BCUT2D eigenvalue weighted by Crippen LogP contribution is 2.42. The number of hydrogen-bond donors (Lipinski definition) is 1. The normalized spacial score (nSPS) is 15.8. The van der Waals surface area contributed by atoms with Crippen LogP contribution in [0.25, 0.3) is 11.0 Å². The molecule has 0 fully saturated rings. The van der Waals surface area contributed by atoms with Crippen molar-refractivity contribution < 1.29 is 14.3 Å². The van der Waals surface area contributed by atoms with Gasteiger partial charge in [0.05, 0.1) is 17.0 Å². The average molecular weight is 433 g/mol. The van der Waals surface area contributed by atoms with Crippen LogP contribution in [-0.2, 0) is 6.42 Å². The molecular weight excluding hydrogens is 414 g/mol. The second kappa shape index (κ2) is 7.31. The van der Waals surface area contributed by atoms with E-state index in [0.29, 0.717) is 27.6 Å². The van der Waals surface area contributed by atoms with Crippen LogP contribution in [0, 0.1) is 5.92 Å². The summed E-state index contributed by atoms with van der Waals surface area (Å²) in [4.78, 5) is 28.4. The lowest BCUT2D eigenvalue weighted by molar-refractivity contribution is 0.0970. The Kier molecular flexibility index (Phi) is 4.59. The number of benzene rings is 2. The molecule has 0 saturated carbocycles. The number of fused-ring (bicyclic) bond motifs is 2. The Morgan fingerprint density at radius 2 is 1.84 bits per heavy atom. The number of carbonyl (C=O) groups excluding carboxylic acids is 1. The minimum Gasteiger partial charge on any atom is -0.508 e. The highest BCUT2D eigenvalue weighted by Gasteiger charge is 2.45. The number of amides is 1. The summed E-state index contributed by atoms with van der Waals surface area (Å²) in [6.45, 7) is 4.18. The van der Waals surface area contributed by atoms with E-state index in [4.69, 9.17) is 4.42 Å². The van der Waals surface area contributed by atoms with Crippen molar-refractivity contribution in [2.24, 2.45) is 5.92 Å². The molecule has 8 heteroatoms. The fourth-order valence-corrected chi connectivity index (χ4v) is 4.94. The molecule has 1 atom stereocenters. The van der Waals surface area contributed by atoms with E-state index in [9.17, 15) is 14.7 Å². The summed E-state index contributed by atoms with van der Waals surface area (Å²) < 4.78 is 5.91. The van der Waals surface area contributed by atoms with E-state index in [1.165, 1.54) is 28.4 Å². The molecule has 1 N–H and O–H groups in total. The molecule has 156 valence electrons. The van der Waals surface area contributed by atoms with Gasteiger partial charge in [-0.05, 0) is 35.7 Å². The van der Waals surface area contributed by atoms with E-state index in [1.54, 1.807) is 36.4 Å². The smallest absolute Gasteiger partial charge is 0.297 e. The van der Waals surface area contributed by atoms with Gasteiger partial charge in [-0.1, -0.05) is 49.4 Å². The average Bonchev–Trinajstić information content (AvgIpc) is 3.31. The predicted molar refractivity (Wildman–Crippen MR) is 118 cm³/mol. The number of phenolic OH excluding ortho intramolecular Hbond substituents is 1. The van der Waals surface area contributed by atoms with Crippen molar-refractivity contribution in [3.8, 4) is 5.75 Å². The molecule has 0 aliphatic carbocycles. The largest absolute Gasteiger partial charge is 0.508 e. The zero-order valence-electron chi connectivity index (χ0n) is 16.9. The Labute approximate surface area is 181 Å². The van der Waals surface area contributed by atoms with Gasteiger partial charge in [-0.15, -0.1) is 10.2 Å². The SMILES string of the molecule is CC(C)Cc1nnc(N2C(=O)c3oc4ccccc4c(=O)c3[C@@H]2c2ccc(O)cc2)s1. The molecule has 0 unspecified atom stereocenters. The highest BCUT2D eigenvalue weighted by molar-refractivity contribution is 7.15. The molecule has 31 heavy (non-hydrogen) atoms. The summed E-state index contributed by atoms with van der Waals surface area (Å²) in [5.41, 5.74) is 1.06. The fourth-order valence-electron chi connectivity index (χ4n) is 3.86. The number of carbonyl (C=O) groups is 1. The van der Waals surface area contributed by atoms with Crippen molar-refractivity contribution in [3.05, 3.63) is 80.6 Å². The molecule has 1 amide bonds. The van der Waals surface area contributed by atoms with Gasteiger partial charge >= 0.3 is 0 Å². The van der Waals surface area contributed by atoms with Gasteiger partial charge < -0.3 is 9.52 Å². The summed E-state index contributed by atoms with van der Waals surface area (Å²) in [5, 5.41) is 19.9. The third-order valence-electron chi connectivity index (χ3n) is 5.23. The quantitative estimate of drug-likeness (QED) is 0.515. The van der Waals surface area contributed by atoms with Gasteiger partial charge in [0.1, 0.15) is 16.3 Å². The minimum atomic E-state index is -0.719. The van der Waals surface area contributed by atoms with Gasteiger partial charge in [0, 0.05) is 6.42 Å². The lowest BCUT2D eigenvalue weighted by atomic mass is 9.98. The topological polar surface area (TPSA) is 96.5 Å². The molecule has 1 aliphatic heterocycles. The van der Waals surface area contributed by atoms with Crippen LogP contribution in [0.4, 0.5) is 5.13 Å². The molecule has 0 spiro atoms. The molecule has 2 aromatic carbocycles. The molecule has 0 saturated heterocycles. The summed E-state index contributed by atoms with van der Waals surface area (Å²) in [5.74, 6) is 0.0832. The monoisotopic (exact) mass is 433 g/mol. The van der Waals surface area contributed by atoms with Crippen LogP contribution in [0.3, 0.4) is 0 Å². The Morgan fingerprint density at radius 3 is 2.58 bits per heavy atom. The van der Waals surface area contributed by atoms with E-state index < -0.39 is 11.9 Å². The van der Waals surface area contributed by atoms with Crippen molar-refractivity contribution in [2.75, 3.05) is 4.90 Å². The summed E-state index contributed by atoms with van der Waals surface area (Å²) >= 11 is 1.33. The Hall–Kier alpha value is -3.52. The van der Waals surface area contributed by atoms with E-state index >= 15 is 0 Å².